The normalized spacial score (nSPS) is 12.4. The Bertz CT molecular complexity index is 979. The van der Waals surface area contributed by atoms with Gasteiger partial charge in [-0.3, -0.25) is 9.78 Å². The molecule has 1 aromatic carbocycles. The maximum Gasteiger partial charge on any atom is 0.416 e. The Labute approximate surface area is 181 Å². The molecule has 0 unspecified atom stereocenters. The molecule has 2 aromatic rings. The Morgan fingerprint density at radius 2 is 1.53 bits per heavy atom. The molecule has 1 aromatic heterocycles. The van der Waals surface area contributed by atoms with Crippen LogP contribution in [0.2, 0.25) is 0 Å². The Morgan fingerprint density at radius 3 is 2.03 bits per heavy atom. The van der Waals surface area contributed by atoms with E-state index in [1.165, 1.54) is 20.8 Å². The van der Waals surface area contributed by atoms with E-state index in [1.807, 2.05) is 0 Å². The zero-order chi connectivity index (χ0) is 24.4. The number of halogens is 8. The largest absolute Gasteiger partial charge is 0.459 e. The summed E-state index contributed by atoms with van der Waals surface area (Å²) in [5.41, 5.74) is -2.66. The molecule has 0 saturated heterocycles. The number of rotatable bonds is 6. The van der Waals surface area contributed by atoms with Crippen molar-refractivity contribution < 1.29 is 44.7 Å². The molecule has 1 heterocycles. The fourth-order valence-electron chi connectivity index (χ4n) is 2.45. The lowest BCUT2D eigenvalue weighted by Crippen LogP contribution is -2.32. The monoisotopic (exact) mass is 488 g/mol. The van der Waals surface area contributed by atoms with Crippen molar-refractivity contribution in [2.75, 3.05) is 6.54 Å². The average Bonchev–Trinajstić information content (AvgIpc) is 2.66. The van der Waals surface area contributed by atoms with Crippen molar-refractivity contribution in [1.29, 1.82) is 0 Å². The van der Waals surface area contributed by atoms with Crippen molar-refractivity contribution in [3.63, 3.8) is 0 Å². The van der Waals surface area contributed by atoms with Crippen LogP contribution in [-0.2, 0) is 22.3 Å². The minimum Gasteiger partial charge on any atom is -0.459 e. The molecular formula is C19H16F8N2O2S. The van der Waals surface area contributed by atoms with Crippen LogP contribution >= 0.6 is 11.9 Å². The number of alkyl halides is 3. The van der Waals surface area contributed by atoms with E-state index in [1.54, 1.807) is 0 Å². The third-order valence-electron chi connectivity index (χ3n) is 3.67. The topological polar surface area (TPSA) is 42.4 Å². The number of ether oxygens (including phenoxy) is 1. The van der Waals surface area contributed by atoms with E-state index in [0.717, 1.165) is 12.4 Å². The van der Waals surface area contributed by atoms with Crippen LogP contribution in [0.3, 0.4) is 0 Å². The van der Waals surface area contributed by atoms with Gasteiger partial charge in [0.25, 0.3) is 0 Å². The second-order valence-corrected chi connectivity index (χ2v) is 8.51. The van der Waals surface area contributed by atoms with Gasteiger partial charge in [-0.05, 0) is 44.3 Å². The van der Waals surface area contributed by atoms with Crippen molar-refractivity contribution in [2.24, 2.45) is 0 Å². The van der Waals surface area contributed by atoms with E-state index in [-0.39, 0.29) is 11.9 Å². The molecule has 0 bridgehead atoms. The number of aromatic nitrogens is 1. The maximum absolute atomic E-state index is 14.1. The summed E-state index contributed by atoms with van der Waals surface area (Å²) in [7, 11) is 0. The molecular weight excluding hydrogens is 472 g/mol. The quantitative estimate of drug-likeness (QED) is 0.173. The van der Waals surface area contributed by atoms with Crippen molar-refractivity contribution in [1.82, 2.24) is 9.29 Å². The highest BCUT2D eigenvalue weighted by Gasteiger charge is 2.35. The van der Waals surface area contributed by atoms with Gasteiger partial charge in [0, 0.05) is 18.9 Å². The Hall–Kier alpha value is -2.41. The molecule has 0 fully saturated rings. The van der Waals surface area contributed by atoms with Crippen LogP contribution < -0.4 is 0 Å². The number of hydrogen-bond acceptors (Lipinski definition) is 5. The minimum atomic E-state index is -4.83. The number of benzene rings is 1. The molecule has 0 aliphatic rings. The maximum atomic E-state index is 14.1. The van der Waals surface area contributed by atoms with E-state index in [0.29, 0.717) is 10.4 Å². The van der Waals surface area contributed by atoms with Crippen LogP contribution in [0.25, 0.3) is 0 Å². The lowest BCUT2D eigenvalue weighted by molar-refractivity contribution is -0.154. The van der Waals surface area contributed by atoms with Gasteiger partial charge in [0.05, 0.1) is 5.56 Å². The van der Waals surface area contributed by atoms with Gasteiger partial charge in [-0.25, -0.2) is 26.3 Å². The van der Waals surface area contributed by atoms with Gasteiger partial charge >= 0.3 is 12.1 Å². The van der Waals surface area contributed by atoms with Crippen LogP contribution in [0.15, 0.2) is 23.4 Å². The Balaban J connectivity index is 2.47. The molecule has 0 amide bonds. The van der Waals surface area contributed by atoms with Gasteiger partial charge in [-0.2, -0.15) is 13.2 Å². The number of nitrogens with zero attached hydrogens (tertiary/aromatic N) is 2. The number of esters is 1. The van der Waals surface area contributed by atoms with E-state index in [2.05, 4.69) is 4.98 Å². The van der Waals surface area contributed by atoms with Gasteiger partial charge in [0.2, 0.25) is 5.82 Å². The summed E-state index contributed by atoms with van der Waals surface area (Å²) < 4.78 is 114. The first-order valence-corrected chi connectivity index (χ1v) is 9.55. The molecule has 176 valence electrons. The fourth-order valence-corrected chi connectivity index (χ4v) is 3.42. The lowest BCUT2D eigenvalue weighted by Gasteiger charge is -2.25. The number of hydrogen-bond donors (Lipinski definition) is 0. The zero-order valence-corrected chi connectivity index (χ0v) is 17.6. The van der Waals surface area contributed by atoms with Crippen molar-refractivity contribution >= 4 is 17.9 Å². The summed E-state index contributed by atoms with van der Waals surface area (Å²) in [5.74, 6) is -12.3. The lowest BCUT2D eigenvalue weighted by atomic mass is 10.1. The van der Waals surface area contributed by atoms with Crippen molar-refractivity contribution in [3.05, 3.63) is 58.7 Å². The molecule has 4 nitrogen and oxygen atoms in total. The van der Waals surface area contributed by atoms with Gasteiger partial charge in [-0.1, -0.05) is 0 Å². The van der Waals surface area contributed by atoms with Crippen molar-refractivity contribution in [2.45, 2.75) is 44.0 Å². The summed E-state index contributed by atoms with van der Waals surface area (Å²) >= 11 is -0.112. The molecule has 0 radical (unpaired) electrons. The molecule has 13 heteroatoms. The van der Waals surface area contributed by atoms with E-state index >= 15 is 0 Å². The molecule has 0 N–H and O–H groups in total. The molecule has 0 saturated carbocycles. The van der Waals surface area contributed by atoms with Crippen molar-refractivity contribution in [3.8, 4) is 0 Å². The SMILES string of the molecule is CC(C)(C)OC(=O)CN(Cc1cnccc1C(F)(F)F)Sc1c(F)c(F)c(F)c(F)c1F. The van der Waals surface area contributed by atoms with Gasteiger partial charge in [0.1, 0.15) is 17.0 Å². The van der Waals surface area contributed by atoms with Crippen LogP contribution in [0.4, 0.5) is 35.1 Å². The van der Waals surface area contributed by atoms with Crippen LogP contribution in [0, 0.1) is 29.1 Å². The van der Waals surface area contributed by atoms with Gasteiger partial charge < -0.3 is 4.74 Å². The van der Waals surface area contributed by atoms with E-state index < -0.39 is 75.9 Å². The molecule has 0 aliphatic heterocycles. The van der Waals surface area contributed by atoms with Crippen LogP contribution in [-0.4, -0.2) is 27.4 Å². The fraction of sp³-hybridized carbons (Fsp3) is 0.368. The van der Waals surface area contributed by atoms with Gasteiger partial charge in [0.15, 0.2) is 23.3 Å². The molecule has 32 heavy (non-hydrogen) atoms. The third-order valence-corrected chi connectivity index (χ3v) is 4.73. The molecule has 0 spiro atoms. The number of carbonyl (C=O) groups excluding carboxylic acids is 1. The first-order valence-electron chi connectivity index (χ1n) is 8.78. The summed E-state index contributed by atoms with van der Waals surface area (Å²) in [6.07, 6.45) is -3.16. The van der Waals surface area contributed by atoms with Crippen LogP contribution in [0.5, 0.6) is 0 Å². The first kappa shape index (κ1) is 25.8. The zero-order valence-electron chi connectivity index (χ0n) is 16.8. The highest BCUT2D eigenvalue weighted by atomic mass is 32.2. The standard InChI is InChI=1S/C19H16F8N2O2S/c1-18(2,3)31-11(30)8-29(7-9-6-28-5-4-10(9)19(25,26)27)32-17-15(23)13(21)12(20)14(22)16(17)24/h4-6H,7-8H2,1-3H3. The average molecular weight is 488 g/mol. The number of carbonyl (C=O) groups is 1. The smallest absolute Gasteiger partial charge is 0.416 e. The number of pyridine rings is 1. The first-order chi connectivity index (χ1) is 14.6. The predicted molar refractivity (Wildman–Crippen MR) is 97.6 cm³/mol. The Morgan fingerprint density at radius 1 is 1.00 bits per heavy atom. The summed E-state index contributed by atoms with van der Waals surface area (Å²) in [4.78, 5) is 14.4. The van der Waals surface area contributed by atoms with Gasteiger partial charge in [-0.15, -0.1) is 0 Å². The summed E-state index contributed by atoms with van der Waals surface area (Å²) in [5, 5.41) is 0. The molecule has 0 atom stereocenters. The second-order valence-electron chi connectivity index (χ2n) is 7.41. The van der Waals surface area contributed by atoms with Crippen LogP contribution in [0.1, 0.15) is 31.9 Å². The Kier molecular flexibility index (Phi) is 7.76. The molecule has 2 rings (SSSR count). The van der Waals surface area contributed by atoms with E-state index in [9.17, 15) is 39.9 Å². The summed E-state index contributed by atoms with van der Waals surface area (Å²) in [6.45, 7) is 2.86. The third kappa shape index (κ3) is 6.31. The summed E-state index contributed by atoms with van der Waals surface area (Å²) in [6, 6.07) is 0.643. The minimum absolute atomic E-state index is 0.112. The predicted octanol–water partition coefficient (Wildman–Crippen LogP) is 5.65. The second kappa shape index (κ2) is 9.61. The highest BCUT2D eigenvalue weighted by Crippen LogP contribution is 2.36. The molecule has 0 aliphatic carbocycles. The highest BCUT2D eigenvalue weighted by molar-refractivity contribution is 7.97. The van der Waals surface area contributed by atoms with E-state index in [4.69, 9.17) is 4.74 Å².